The van der Waals surface area contributed by atoms with Crippen LogP contribution in [0.2, 0.25) is 39.3 Å². The van der Waals surface area contributed by atoms with Crippen LogP contribution in [0.4, 0.5) is 0 Å². The highest BCUT2D eigenvalue weighted by atomic mass is 28.3. The average Bonchev–Trinajstić information content (AvgIpc) is 2.53. The zero-order valence-electron chi connectivity index (χ0n) is 17.1. The van der Waals surface area contributed by atoms with E-state index in [1.54, 1.807) is 16.0 Å². The summed E-state index contributed by atoms with van der Waals surface area (Å²) in [5, 5.41) is 3.24. The highest BCUT2D eigenvalue weighted by Gasteiger charge is 2.28. The van der Waals surface area contributed by atoms with E-state index in [4.69, 9.17) is 0 Å². The van der Waals surface area contributed by atoms with E-state index in [9.17, 15) is 0 Å². The first-order chi connectivity index (χ1) is 11.7. The van der Waals surface area contributed by atoms with Crippen LogP contribution in [0, 0.1) is 0 Å². The maximum Gasteiger partial charge on any atom is 0.0787 e. The lowest BCUT2D eigenvalue weighted by molar-refractivity contribution is 0.976. The molecule has 0 aromatic heterocycles. The average molecular weight is 367 g/mol. The van der Waals surface area contributed by atoms with E-state index in [0.29, 0.717) is 0 Å². The van der Waals surface area contributed by atoms with E-state index >= 15 is 0 Å². The van der Waals surface area contributed by atoms with E-state index in [-0.39, 0.29) is 0 Å². The topological polar surface area (TPSA) is 0 Å². The molecule has 0 bridgehead atoms. The Bertz CT molecular complexity index is 729. The Morgan fingerprint density at radius 1 is 0.760 bits per heavy atom. The highest BCUT2D eigenvalue weighted by Crippen LogP contribution is 2.36. The third-order valence-corrected chi connectivity index (χ3v) is 8.82. The summed E-state index contributed by atoms with van der Waals surface area (Å²) < 4.78 is 0. The molecule has 2 heteroatoms. The number of allylic oxidation sites excluding steroid dienone is 1. The Labute approximate surface area is 157 Å². The molecule has 0 fully saturated rings. The molecular weight excluding hydrogens is 332 g/mol. The van der Waals surface area contributed by atoms with Crippen LogP contribution >= 0.6 is 0 Å². The van der Waals surface area contributed by atoms with Crippen LogP contribution in [0.25, 0.3) is 10.8 Å². The minimum atomic E-state index is -1.50. The largest absolute Gasteiger partial charge is 0.0787 e. The second-order valence-corrected chi connectivity index (χ2v) is 19.1. The summed E-state index contributed by atoms with van der Waals surface area (Å²) in [4.78, 5) is 0. The smallest absolute Gasteiger partial charge is 0.0656 e. The van der Waals surface area contributed by atoms with E-state index in [0.717, 1.165) is 6.42 Å². The van der Waals surface area contributed by atoms with Crippen molar-refractivity contribution >= 4 is 32.1 Å². The minimum absolute atomic E-state index is 1.16. The molecule has 2 rings (SSSR count). The number of hydrogen-bond acceptors (Lipinski definition) is 0. The molecule has 0 unspecified atom stereocenters. The van der Waals surface area contributed by atoms with Crippen LogP contribution in [0.1, 0.15) is 30.9 Å². The number of hydrogen-bond donors (Lipinski definition) is 0. The van der Waals surface area contributed by atoms with Crippen LogP contribution in [0.15, 0.2) is 54.6 Å². The molecule has 0 saturated heterocycles. The molecule has 0 aliphatic heterocycles. The Hall–Kier alpha value is -1.39. The maximum atomic E-state index is 2.49. The van der Waals surface area contributed by atoms with Gasteiger partial charge >= 0.3 is 0 Å². The molecular formula is C23H34Si2. The molecule has 0 radical (unpaired) electrons. The molecule has 0 spiro atoms. The summed E-state index contributed by atoms with van der Waals surface area (Å²) in [6.45, 7) is 17.2. The number of benzene rings is 2. The zero-order chi connectivity index (χ0) is 18.7. The first-order valence-corrected chi connectivity index (χ1v) is 16.5. The summed E-state index contributed by atoms with van der Waals surface area (Å²) in [6.07, 6.45) is 2.35. The van der Waals surface area contributed by atoms with Gasteiger partial charge in [-0.25, -0.2) is 0 Å². The third kappa shape index (κ3) is 4.83. The molecule has 0 amide bonds. The zero-order valence-corrected chi connectivity index (χ0v) is 19.1. The summed E-state index contributed by atoms with van der Waals surface area (Å²) in [5.41, 5.74) is 4.55. The van der Waals surface area contributed by atoms with Crippen molar-refractivity contribution in [1.82, 2.24) is 0 Å². The summed E-state index contributed by atoms with van der Waals surface area (Å²) in [5.74, 6) is 0. The SMILES string of the molecule is CCC/C(=C(\c1ccccc1)[Si](C)(C)C)c1ccccc1[Si](C)(C)C. The fraction of sp³-hybridized carbons (Fsp3) is 0.391. The molecule has 0 atom stereocenters. The molecule has 0 aliphatic carbocycles. The Morgan fingerprint density at radius 2 is 1.32 bits per heavy atom. The maximum absolute atomic E-state index is 2.49. The first-order valence-electron chi connectivity index (χ1n) is 9.55. The van der Waals surface area contributed by atoms with E-state index in [1.165, 1.54) is 17.5 Å². The van der Waals surface area contributed by atoms with E-state index in [2.05, 4.69) is 101 Å². The van der Waals surface area contributed by atoms with Crippen molar-refractivity contribution in [3.63, 3.8) is 0 Å². The fourth-order valence-electron chi connectivity index (χ4n) is 3.71. The second kappa shape index (κ2) is 7.88. The van der Waals surface area contributed by atoms with Gasteiger partial charge in [0.15, 0.2) is 0 Å². The van der Waals surface area contributed by atoms with Gasteiger partial charge in [-0.15, -0.1) is 0 Å². The first kappa shape index (κ1) is 19.9. The normalized spacial score (nSPS) is 13.6. The molecule has 0 saturated carbocycles. The molecule has 0 heterocycles. The Morgan fingerprint density at radius 3 is 1.84 bits per heavy atom. The van der Waals surface area contributed by atoms with Crippen LogP contribution in [-0.4, -0.2) is 16.1 Å². The van der Waals surface area contributed by atoms with E-state index < -0.39 is 16.1 Å². The van der Waals surface area contributed by atoms with Gasteiger partial charge in [-0.05, 0) is 28.3 Å². The Balaban J connectivity index is 2.84. The molecule has 2 aromatic carbocycles. The lowest BCUT2D eigenvalue weighted by atomic mass is 9.98. The third-order valence-electron chi connectivity index (χ3n) is 4.67. The highest BCUT2D eigenvalue weighted by molar-refractivity contribution is 6.95. The predicted molar refractivity (Wildman–Crippen MR) is 121 cm³/mol. The van der Waals surface area contributed by atoms with Gasteiger partial charge in [0.05, 0.1) is 16.1 Å². The van der Waals surface area contributed by atoms with Gasteiger partial charge in [0.1, 0.15) is 0 Å². The van der Waals surface area contributed by atoms with Gasteiger partial charge in [-0.2, -0.15) is 0 Å². The van der Waals surface area contributed by atoms with Gasteiger partial charge in [-0.3, -0.25) is 0 Å². The second-order valence-electron chi connectivity index (χ2n) is 9.02. The molecule has 25 heavy (non-hydrogen) atoms. The van der Waals surface area contributed by atoms with Crippen molar-refractivity contribution in [2.45, 2.75) is 59.0 Å². The van der Waals surface area contributed by atoms with E-state index in [1.807, 2.05) is 0 Å². The minimum Gasteiger partial charge on any atom is -0.0656 e. The van der Waals surface area contributed by atoms with Crippen LogP contribution in [0.5, 0.6) is 0 Å². The van der Waals surface area contributed by atoms with Crippen molar-refractivity contribution in [1.29, 1.82) is 0 Å². The molecule has 0 aliphatic rings. The van der Waals surface area contributed by atoms with Crippen molar-refractivity contribution < 1.29 is 0 Å². The van der Waals surface area contributed by atoms with Crippen molar-refractivity contribution in [3.05, 3.63) is 65.7 Å². The van der Waals surface area contributed by atoms with Crippen molar-refractivity contribution in [3.8, 4) is 0 Å². The van der Waals surface area contributed by atoms with Gasteiger partial charge in [0, 0.05) is 0 Å². The monoisotopic (exact) mass is 366 g/mol. The lowest BCUT2D eigenvalue weighted by Crippen LogP contribution is -2.40. The Kier molecular flexibility index (Phi) is 6.28. The van der Waals surface area contributed by atoms with Gasteiger partial charge < -0.3 is 0 Å². The summed E-state index contributed by atoms with van der Waals surface area (Å²) >= 11 is 0. The summed E-state index contributed by atoms with van der Waals surface area (Å²) in [6, 6.07) is 20.3. The predicted octanol–water partition coefficient (Wildman–Crippen LogP) is 6.82. The van der Waals surface area contributed by atoms with Crippen LogP contribution in [-0.2, 0) is 0 Å². The summed E-state index contributed by atoms with van der Waals surface area (Å²) in [7, 11) is -2.89. The fourth-order valence-corrected chi connectivity index (χ4v) is 7.55. The van der Waals surface area contributed by atoms with Crippen molar-refractivity contribution in [2.24, 2.45) is 0 Å². The van der Waals surface area contributed by atoms with Crippen molar-refractivity contribution in [2.75, 3.05) is 0 Å². The standard InChI is InChI=1S/C23H34Si2/c1-8-14-21(20-17-12-13-18-22(20)24(2,3)4)23(25(5,6)7)19-15-10-9-11-16-19/h9-13,15-18H,8,14H2,1-7H3/b23-21-. The van der Waals surface area contributed by atoms with Crippen LogP contribution in [0.3, 0.4) is 0 Å². The molecule has 0 N–H and O–H groups in total. The van der Waals surface area contributed by atoms with Gasteiger partial charge in [0.25, 0.3) is 0 Å². The lowest BCUT2D eigenvalue weighted by Gasteiger charge is -2.29. The van der Waals surface area contributed by atoms with Gasteiger partial charge in [0.2, 0.25) is 0 Å². The van der Waals surface area contributed by atoms with Crippen LogP contribution < -0.4 is 5.19 Å². The quantitative estimate of drug-likeness (QED) is 0.388. The molecule has 134 valence electrons. The molecule has 0 nitrogen and oxygen atoms in total. The molecule has 2 aromatic rings. The van der Waals surface area contributed by atoms with Gasteiger partial charge in [-0.1, -0.05) is 112 Å². The number of rotatable bonds is 6.